The molecule has 2 aliphatic rings. The standard InChI is InChI=1S/C25H34N4O5.C2H6/c1-6-8-18(13-17(3)4)15-24(5,22(32)26-16-19-14-20(30)27-34-19)29-12-11-28(21(31)7-2)25(9-10-25)23(29)33;1-2/h6-8,13-14,17H,2,9-12,15-16H2,1,3-5H3,(H,26,32)(H,27,30);1-2H3/b8-6-,18-13+;/t24-;/m0./s1. The van der Waals surface area contributed by atoms with E-state index >= 15 is 0 Å². The average molecular weight is 501 g/mol. The van der Waals surface area contributed by atoms with Gasteiger partial charge in [-0.1, -0.05) is 52.5 Å². The third-order valence-electron chi connectivity index (χ3n) is 6.43. The Morgan fingerprint density at radius 3 is 2.44 bits per heavy atom. The Hall–Kier alpha value is -3.36. The molecule has 1 aromatic rings. The molecule has 9 nitrogen and oxygen atoms in total. The SMILES string of the molecule is C=CC(=O)N1CCN([C@@](C)(CC(/C=C\C)=C/C(C)C)C(=O)NCc2cc(=O)[nH]o2)C(=O)C12CC2.CC. The number of piperazine rings is 1. The molecule has 1 saturated heterocycles. The van der Waals surface area contributed by atoms with Gasteiger partial charge in [-0.15, -0.1) is 0 Å². The number of nitrogens with one attached hydrogen (secondary N) is 2. The van der Waals surface area contributed by atoms with Crippen molar-refractivity contribution < 1.29 is 18.9 Å². The fourth-order valence-electron chi connectivity index (χ4n) is 4.66. The summed E-state index contributed by atoms with van der Waals surface area (Å²) in [5, 5.41) is 5.03. The van der Waals surface area contributed by atoms with Crippen LogP contribution in [-0.4, -0.2) is 56.8 Å². The highest BCUT2D eigenvalue weighted by molar-refractivity contribution is 6.01. The van der Waals surface area contributed by atoms with Crippen LogP contribution in [-0.2, 0) is 20.9 Å². The Kier molecular flexibility index (Phi) is 9.67. The number of allylic oxidation sites excluding steroid dienone is 3. The maximum absolute atomic E-state index is 13.7. The largest absolute Gasteiger partial charge is 0.382 e. The maximum atomic E-state index is 13.7. The second-order valence-corrected chi connectivity index (χ2v) is 9.48. The molecule has 0 unspecified atom stereocenters. The Morgan fingerprint density at radius 2 is 1.94 bits per heavy atom. The van der Waals surface area contributed by atoms with Crippen molar-refractivity contribution in [2.75, 3.05) is 13.1 Å². The molecule has 2 heterocycles. The summed E-state index contributed by atoms with van der Waals surface area (Å²) in [6.07, 6.45) is 8.60. The zero-order valence-electron chi connectivity index (χ0n) is 22.3. The van der Waals surface area contributed by atoms with Crippen LogP contribution in [0.2, 0.25) is 0 Å². The highest BCUT2D eigenvalue weighted by Gasteiger charge is 2.62. The van der Waals surface area contributed by atoms with E-state index in [0.29, 0.717) is 31.6 Å². The quantitative estimate of drug-likeness (QED) is 0.399. The van der Waals surface area contributed by atoms with Crippen molar-refractivity contribution in [2.45, 2.75) is 78.4 Å². The van der Waals surface area contributed by atoms with Gasteiger partial charge in [0.15, 0.2) is 5.76 Å². The first-order chi connectivity index (χ1) is 17.1. The van der Waals surface area contributed by atoms with Crippen molar-refractivity contribution in [2.24, 2.45) is 5.92 Å². The number of nitrogens with zero attached hydrogens (tertiary/aromatic N) is 2. The van der Waals surface area contributed by atoms with Crippen LogP contribution >= 0.6 is 0 Å². The molecule has 0 aromatic carbocycles. The van der Waals surface area contributed by atoms with Crippen LogP contribution in [0.25, 0.3) is 0 Å². The van der Waals surface area contributed by atoms with Crippen LogP contribution in [0.15, 0.2) is 51.8 Å². The maximum Gasteiger partial charge on any atom is 0.280 e. The molecule has 198 valence electrons. The number of carbonyl (C=O) groups excluding carboxylic acids is 3. The summed E-state index contributed by atoms with van der Waals surface area (Å²) in [5.74, 6) is -0.306. The van der Waals surface area contributed by atoms with Crippen LogP contribution < -0.4 is 10.9 Å². The average Bonchev–Trinajstić information content (AvgIpc) is 3.52. The van der Waals surface area contributed by atoms with Crippen molar-refractivity contribution in [3.63, 3.8) is 0 Å². The molecule has 1 saturated carbocycles. The van der Waals surface area contributed by atoms with E-state index in [9.17, 15) is 19.2 Å². The summed E-state index contributed by atoms with van der Waals surface area (Å²) >= 11 is 0. The van der Waals surface area contributed by atoms with Crippen LogP contribution in [0.5, 0.6) is 0 Å². The van der Waals surface area contributed by atoms with Crippen molar-refractivity contribution >= 4 is 17.7 Å². The molecular weight excluding hydrogens is 460 g/mol. The van der Waals surface area contributed by atoms with Gasteiger partial charge in [0.05, 0.1) is 6.54 Å². The molecule has 0 bridgehead atoms. The van der Waals surface area contributed by atoms with Crippen LogP contribution in [0.1, 0.15) is 66.6 Å². The van der Waals surface area contributed by atoms with E-state index in [1.807, 2.05) is 32.9 Å². The number of aromatic nitrogens is 1. The zero-order valence-corrected chi connectivity index (χ0v) is 22.3. The second kappa shape index (κ2) is 12.1. The van der Waals surface area contributed by atoms with Gasteiger partial charge in [-0.05, 0) is 44.3 Å². The Bertz CT molecular complexity index is 1080. The highest BCUT2D eigenvalue weighted by atomic mass is 16.5. The number of H-pyrrole nitrogens is 1. The fraction of sp³-hybridized carbons (Fsp3) is 0.556. The lowest BCUT2D eigenvalue weighted by molar-refractivity contribution is -0.161. The highest BCUT2D eigenvalue weighted by Crippen LogP contribution is 2.47. The summed E-state index contributed by atoms with van der Waals surface area (Å²) in [5.41, 5.74) is -1.57. The molecule has 3 amide bonds. The first-order valence-corrected chi connectivity index (χ1v) is 12.6. The number of hydrogen-bond donors (Lipinski definition) is 2. The first kappa shape index (κ1) is 28.9. The number of amides is 3. The third kappa shape index (κ3) is 6.06. The molecule has 9 heteroatoms. The number of hydrogen-bond acceptors (Lipinski definition) is 5. The topological polar surface area (TPSA) is 116 Å². The van der Waals surface area contributed by atoms with E-state index in [0.717, 1.165) is 5.57 Å². The lowest BCUT2D eigenvalue weighted by atomic mass is 9.86. The van der Waals surface area contributed by atoms with Crippen molar-refractivity contribution in [3.05, 3.63) is 58.6 Å². The number of carbonyl (C=O) groups is 3. The van der Waals surface area contributed by atoms with Crippen LogP contribution in [0.4, 0.5) is 0 Å². The second-order valence-electron chi connectivity index (χ2n) is 9.48. The zero-order chi connectivity index (χ0) is 27.1. The van der Waals surface area contributed by atoms with Crippen LogP contribution in [0, 0.1) is 5.92 Å². The fourth-order valence-corrected chi connectivity index (χ4v) is 4.66. The van der Waals surface area contributed by atoms with Gasteiger partial charge < -0.3 is 19.6 Å². The summed E-state index contributed by atoms with van der Waals surface area (Å²) in [6.45, 7) is 15.9. The van der Waals surface area contributed by atoms with Gasteiger partial charge in [-0.3, -0.25) is 19.2 Å². The van der Waals surface area contributed by atoms with Gasteiger partial charge in [-0.2, -0.15) is 5.16 Å². The van der Waals surface area contributed by atoms with E-state index in [-0.39, 0.29) is 36.7 Å². The predicted octanol–water partition coefficient (Wildman–Crippen LogP) is 3.31. The van der Waals surface area contributed by atoms with Gasteiger partial charge >= 0.3 is 0 Å². The van der Waals surface area contributed by atoms with Gasteiger partial charge in [0.2, 0.25) is 17.7 Å². The monoisotopic (exact) mass is 500 g/mol. The summed E-state index contributed by atoms with van der Waals surface area (Å²) in [7, 11) is 0. The van der Waals surface area contributed by atoms with Crippen molar-refractivity contribution in [1.82, 2.24) is 20.3 Å². The Balaban J connectivity index is 0.00000222. The normalized spacial score (nSPS) is 18.6. The van der Waals surface area contributed by atoms with E-state index in [1.165, 1.54) is 12.1 Å². The number of rotatable bonds is 9. The minimum absolute atomic E-state index is 0.00819. The molecule has 36 heavy (non-hydrogen) atoms. The molecule has 1 aliphatic heterocycles. The smallest absolute Gasteiger partial charge is 0.280 e. The molecule has 3 rings (SSSR count). The van der Waals surface area contributed by atoms with E-state index < -0.39 is 16.6 Å². The molecule has 1 aromatic heterocycles. The Labute approximate surface area is 213 Å². The van der Waals surface area contributed by atoms with Gasteiger partial charge in [0.1, 0.15) is 11.1 Å². The van der Waals surface area contributed by atoms with E-state index in [1.54, 1.807) is 16.7 Å². The lowest BCUT2D eigenvalue weighted by Crippen LogP contribution is -2.68. The number of aromatic amines is 1. The first-order valence-electron chi connectivity index (χ1n) is 12.6. The minimum Gasteiger partial charge on any atom is -0.382 e. The van der Waals surface area contributed by atoms with Crippen LogP contribution in [0.3, 0.4) is 0 Å². The third-order valence-corrected chi connectivity index (χ3v) is 6.43. The molecule has 1 atom stereocenters. The van der Waals surface area contributed by atoms with Gasteiger partial charge in [0.25, 0.3) is 5.56 Å². The molecule has 1 spiro atoms. The molecule has 1 aliphatic carbocycles. The minimum atomic E-state index is -1.22. The molecule has 2 fully saturated rings. The van der Waals surface area contributed by atoms with E-state index in [2.05, 4.69) is 37.0 Å². The van der Waals surface area contributed by atoms with Crippen molar-refractivity contribution in [1.29, 1.82) is 0 Å². The van der Waals surface area contributed by atoms with E-state index in [4.69, 9.17) is 4.52 Å². The van der Waals surface area contributed by atoms with Gasteiger partial charge in [-0.25, -0.2) is 0 Å². The van der Waals surface area contributed by atoms with Gasteiger partial charge in [0, 0.05) is 25.6 Å². The molecule has 2 N–H and O–H groups in total. The Morgan fingerprint density at radius 1 is 1.28 bits per heavy atom. The predicted molar refractivity (Wildman–Crippen MR) is 139 cm³/mol. The summed E-state index contributed by atoms with van der Waals surface area (Å²) < 4.78 is 5.05. The van der Waals surface area contributed by atoms with Crippen molar-refractivity contribution in [3.8, 4) is 0 Å². The lowest BCUT2D eigenvalue weighted by Gasteiger charge is -2.48. The molecular formula is C27H40N4O5. The molecule has 0 radical (unpaired) electrons. The summed E-state index contributed by atoms with van der Waals surface area (Å²) in [6, 6.07) is 1.27. The summed E-state index contributed by atoms with van der Waals surface area (Å²) in [4.78, 5) is 54.4.